The molecule has 36 heavy (non-hydrogen) atoms. The van der Waals surface area contributed by atoms with Gasteiger partial charge in [0.2, 0.25) is 5.91 Å². The fourth-order valence-electron chi connectivity index (χ4n) is 4.55. The van der Waals surface area contributed by atoms with Crippen LogP contribution in [-0.2, 0) is 4.79 Å². The number of hydrogen-bond acceptors (Lipinski definition) is 8. The highest BCUT2D eigenvalue weighted by atomic mass is 16.5. The van der Waals surface area contributed by atoms with Gasteiger partial charge < -0.3 is 20.7 Å². The van der Waals surface area contributed by atoms with Gasteiger partial charge in [0.1, 0.15) is 11.5 Å². The molecule has 0 aliphatic carbocycles. The number of nitrogens with two attached hydrogens (primary N) is 1. The normalized spacial score (nSPS) is 15.3. The van der Waals surface area contributed by atoms with Crippen molar-refractivity contribution in [1.29, 1.82) is 0 Å². The van der Waals surface area contributed by atoms with Crippen LogP contribution in [0.4, 0.5) is 17.3 Å². The minimum Gasteiger partial charge on any atom is -0.478 e. The van der Waals surface area contributed by atoms with E-state index in [0.717, 1.165) is 31.6 Å². The van der Waals surface area contributed by atoms with E-state index in [1.807, 2.05) is 17.0 Å². The Bertz CT molecular complexity index is 1350. The zero-order valence-corrected chi connectivity index (χ0v) is 20.1. The monoisotopic (exact) mass is 484 g/mol. The third-order valence-corrected chi connectivity index (χ3v) is 6.52. The lowest BCUT2D eigenvalue weighted by Gasteiger charge is -2.31. The first-order chi connectivity index (χ1) is 17.4. The molecule has 0 unspecified atom stereocenters. The molecule has 4 heterocycles. The molecule has 1 saturated heterocycles. The molecule has 10 heteroatoms. The predicted octanol–water partition coefficient (Wildman–Crippen LogP) is 3.33. The topological polar surface area (TPSA) is 137 Å². The highest BCUT2D eigenvalue weighted by Gasteiger charge is 2.24. The number of hydrogen-bond donors (Lipinski definition) is 2. The summed E-state index contributed by atoms with van der Waals surface area (Å²) < 4.78 is 5.20. The number of methoxy groups -OCH3 is 1. The van der Waals surface area contributed by atoms with Crippen LogP contribution in [0.2, 0.25) is 0 Å². The van der Waals surface area contributed by atoms with E-state index in [1.54, 1.807) is 19.1 Å². The molecule has 0 spiro atoms. The van der Waals surface area contributed by atoms with E-state index in [0.29, 0.717) is 34.3 Å². The van der Waals surface area contributed by atoms with Crippen molar-refractivity contribution in [2.45, 2.75) is 25.7 Å². The Morgan fingerprint density at radius 3 is 2.58 bits per heavy atom. The van der Waals surface area contributed by atoms with Crippen LogP contribution in [0, 0.1) is 0 Å². The van der Waals surface area contributed by atoms with Crippen LogP contribution in [0.15, 0.2) is 42.7 Å². The van der Waals surface area contributed by atoms with E-state index < -0.39 is 0 Å². The van der Waals surface area contributed by atoms with E-state index in [-0.39, 0.29) is 23.5 Å². The lowest BCUT2D eigenvalue weighted by molar-refractivity contribution is -0.129. The molecule has 3 N–H and O–H groups in total. The van der Waals surface area contributed by atoms with Crippen LogP contribution >= 0.6 is 0 Å². The molecule has 1 radical (unpaired) electrons. The zero-order valence-electron chi connectivity index (χ0n) is 20.1. The van der Waals surface area contributed by atoms with Gasteiger partial charge in [-0.15, -0.1) is 0 Å². The van der Waals surface area contributed by atoms with Crippen LogP contribution in [0.5, 0.6) is 5.88 Å². The second-order valence-electron chi connectivity index (χ2n) is 8.75. The molecular weight excluding hydrogens is 458 g/mol. The van der Waals surface area contributed by atoms with Gasteiger partial charge >= 0.3 is 0 Å². The summed E-state index contributed by atoms with van der Waals surface area (Å²) in [7, 11) is 1.47. The fraction of sp³-hybridized carbons (Fsp3) is 0.269. The Hall–Kier alpha value is -4.47. The first-order valence-electron chi connectivity index (χ1n) is 11.7. The number of benzene rings is 1. The zero-order chi connectivity index (χ0) is 25.2. The fourth-order valence-corrected chi connectivity index (χ4v) is 4.55. The maximum absolute atomic E-state index is 12.6. The number of aromatic nitrogens is 3. The van der Waals surface area contributed by atoms with Gasteiger partial charge in [-0.25, -0.2) is 20.3 Å². The van der Waals surface area contributed by atoms with Crippen LogP contribution in [0.25, 0.3) is 17.5 Å². The van der Waals surface area contributed by atoms with Gasteiger partial charge in [0.15, 0.2) is 5.82 Å². The SMILES string of the molecule is COc1nc(-c2cc3c(c(Nc4ccc(C5CCN(C(C)=O)CC5)cc4)n2)C(=O)[N]C=C3)cnc1N. The number of anilines is 3. The van der Waals surface area contributed by atoms with Gasteiger partial charge in [0.05, 0.1) is 24.6 Å². The number of nitrogens with one attached hydrogen (secondary N) is 1. The molecule has 3 aromatic rings. The number of ether oxygens (including phenoxy) is 1. The lowest BCUT2D eigenvalue weighted by Crippen LogP contribution is -2.36. The first kappa shape index (κ1) is 23.3. The summed E-state index contributed by atoms with van der Waals surface area (Å²) in [5.41, 5.74) is 9.85. The standard InChI is InChI=1S/C26H26N7O3/c1-15(34)33-11-8-17(9-12-33)16-3-5-19(6-4-16)30-24-22-18(7-10-28-25(22)35)13-20(31-24)21-14-29-23(27)26(32-21)36-2/h3-7,10,13-14,17H,8-9,11-12H2,1-2H3,(H2,27,29)(H,30,31). The second kappa shape index (κ2) is 9.65. The van der Waals surface area contributed by atoms with Crippen LogP contribution in [-0.4, -0.2) is 51.9 Å². The molecule has 1 aromatic carbocycles. The Kier molecular flexibility index (Phi) is 6.24. The average Bonchev–Trinajstić information content (AvgIpc) is 2.89. The average molecular weight is 485 g/mol. The Labute approximate surface area is 208 Å². The summed E-state index contributed by atoms with van der Waals surface area (Å²) >= 11 is 0. The predicted molar refractivity (Wildman–Crippen MR) is 136 cm³/mol. The maximum atomic E-state index is 12.6. The highest BCUT2D eigenvalue weighted by molar-refractivity contribution is 6.05. The molecule has 0 atom stereocenters. The molecular formula is C26H26N7O3. The van der Waals surface area contributed by atoms with Crippen molar-refractivity contribution < 1.29 is 14.3 Å². The van der Waals surface area contributed by atoms with Gasteiger partial charge in [-0.1, -0.05) is 12.1 Å². The van der Waals surface area contributed by atoms with E-state index in [9.17, 15) is 9.59 Å². The summed E-state index contributed by atoms with van der Waals surface area (Å²) in [5.74, 6) is 0.926. The molecule has 2 aliphatic heterocycles. The van der Waals surface area contributed by atoms with Crippen molar-refractivity contribution >= 4 is 35.2 Å². The Balaban J connectivity index is 1.43. The molecule has 183 valence electrons. The molecule has 2 amide bonds. The van der Waals surface area contributed by atoms with Crippen molar-refractivity contribution in [2.24, 2.45) is 0 Å². The van der Waals surface area contributed by atoms with Crippen LogP contribution in [0.3, 0.4) is 0 Å². The number of rotatable bonds is 5. The quantitative estimate of drug-likeness (QED) is 0.563. The summed E-state index contributed by atoms with van der Waals surface area (Å²) in [6.45, 7) is 3.17. The summed E-state index contributed by atoms with van der Waals surface area (Å²) in [6.07, 6.45) is 6.63. The number of fused-ring (bicyclic) bond motifs is 1. The third-order valence-electron chi connectivity index (χ3n) is 6.52. The van der Waals surface area contributed by atoms with Gasteiger partial charge in [-0.05, 0) is 54.2 Å². The smallest absolute Gasteiger partial charge is 0.281 e. The Morgan fingerprint density at radius 1 is 1.14 bits per heavy atom. The van der Waals surface area contributed by atoms with Gasteiger partial charge in [-0.2, -0.15) is 0 Å². The molecule has 2 aliphatic rings. The molecule has 5 rings (SSSR count). The molecule has 10 nitrogen and oxygen atoms in total. The highest BCUT2D eigenvalue weighted by Crippen LogP contribution is 2.32. The van der Waals surface area contributed by atoms with Crippen molar-refractivity contribution in [1.82, 2.24) is 25.2 Å². The van der Waals surface area contributed by atoms with Crippen LogP contribution < -0.4 is 21.1 Å². The van der Waals surface area contributed by atoms with Crippen LogP contribution in [0.1, 0.15) is 47.2 Å². The lowest BCUT2D eigenvalue weighted by atomic mass is 9.89. The number of pyridine rings is 1. The molecule has 0 bridgehead atoms. The second-order valence-corrected chi connectivity index (χ2v) is 8.75. The minimum atomic E-state index is -0.371. The number of likely N-dealkylation sites (tertiary alicyclic amines) is 1. The molecule has 0 saturated carbocycles. The van der Waals surface area contributed by atoms with Gasteiger partial charge in [0.25, 0.3) is 11.8 Å². The minimum absolute atomic E-state index is 0.130. The molecule has 2 aromatic heterocycles. The van der Waals surface area contributed by atoms with E-state index in [2.05, 4.69) is 37.7 Å². The van der Waals surface area contributed by atoms with E-state index in [1.165, 1.54) is 25.1 Å². The first-order valence-corrected chi connectivity index (χ1v) is 11.7. The largest absolute Gasteiger partial charge is 0.478 e. The van der Waals surface area contributed by atoms with Crippen molar-refractivity contribution in [3.8, 4) is 17.3 Å². The number of piperidine rings is 1. The number of nitrogen functional groups attached to an aromatic ring is 1. The summed E-state index contributed by atoms with van der Waals surface area (Å²) in [6, 6.07) is 9.86. The Morgan fingerprint density at radius 2 is 1.89 bits per heavy atom. The number of amides is 2. The third kappa shape index (κ3) is 4.57. The van der Waals surface area contributed by atoms with E-state index in [4.69, 9.17) is 10.5 Å². The summed E-state index contributed by atoms with van der Waals surface area (Å²) in [5, 5.41) is 7.20. The maximum Gasteiger partial charge on any atom is 0.281 e. The number of carbonyl (C=O) groups excluding carboxylic acids is 2. The molecule has 1 fully saturated rings. The van der Waals surface area contributed by atoms with Crippen molar-refractivity contribution in [3.63, 3.8) is 0 Å². The van der Waals surface area contributed by atoms with Crippen molar-refractivity contribution in [2.75, 3.05) is 31.2 Å². The van der Waals surface area contributed by atoms with Gasteiger partial charge in [0, 0.05) is 31.9 Å². The van der Waals surface area contributed by atoms with E-state index >= 15 is 0 Å². The summed E-state index contributed by atoms with van der Waals surface area (Å²) in [4.78, 5) is 39.4. The van der Waals surface area contributed by atoms with Gasteiger partial charge in [-0.3, -0.25) is 9.59 Å². The number of nitrogens with zero attached hydrogens (tertiary/aromatic N) is 5. The number of carbonyl (C=O) groups is 2. The van der Waals surface area contributed by atoms with Crippen molar-refractivity contribution in [3.05, 3.63) is 59.4 Å².